The van der Waals surface area contributed by atoms with Gasteiger partial charge in [0.05, 0.1) is 21.6 Å². The molecule has 0 fully saturated rings. The molecule has 0 amide bonds. The molecular formula is C23H23N7O9S2. The van der Waals surface area contributed by atoms with Gasteiger partial charge in [0.25, 0.3) is 21.4 Å². The maximum absolute atomic E-state index is 13.3. The Kier molecular flexibility index (Phi) is 9.79. The fraction of sp³-hybridized carbons (Fsp3) is 0.174. The predicted octanol–water partition coefficient (Wildman–Crippen LogP) is 2.19. The Morgan fingerprint density at radius 1 is 1.05 bits per heavy atom. The summed E-state index contributed by atoms with van der Waals surface area (Å²) >= 11 is 0.704. The standard InChI is InChI=1S/C23H23N7O9S2/c24-23(25)26-11-3-4-15(27-33)20(31)21(32)22-16(12-18(40-22)13-7-9-14(10-8-13)29(34)35)28-41(38,39)19-6-2-1-5-17(19)30(36)37/h1-2,5-10,12,15,27-28,33H,3-4,11H2,(H4,24,25,26)/t15-/m0/s1. The predicted molar refractivity (Wildman–Crippen MR) is 148 cm³/mol. The highest BCUT2D eigenvalue weighted by Crippen LogP contribution is 2.38. The summed E-state index contributed by atoms with van der Waals surface area (Å²) in [6.07, 6.45) is 0.139. The van der Waals surface area contributed by atoms with Crippen molar-refractivity contribution in [3.05, 3.63) is 79.7 Å². The molecule has 3 rings (SSSR count). The van der Waals surface area contributed by atoms with Crippen molar-refractivity contribution in [2.75, 3.05) is 11.3 Å². The van der Waals surface area contributed by atoms with Gasteiger partial charge in [0.1, 0.15) is 4.88 Å². The third kappa shape index (κ3) is 7.45. The van der Waals surface area contributed by atoms with E-state index in [4.69, 9.17) is 11.5 Å². The molecule has 41 heavy (non-hydrogen) atoms. The molecule has 0 spiro atoms. The number of carbonyl (C=O) groups excluding carboxylic acids is 2. The first kappa shape index (κ1) is 30.8. The largest absolute Gasteiger partial charge is 0.370 e. The highest BCUT2D eigenvalue weighted by molar-refractivity contribution is 7.93. The number of nitrogens with two attached hydrogens (primary N) is 2. The number of para-hydroxylation sites is 1. The van der Waals surface area contributed by atoms with E-state index in [2.05, 4.69) is 9.71 Å². The molecule has 7 N–H and O–H groups in total. The molecule has 0 aliphatic heterocycles. The zero-order chi connectivity index (χ0) is 30.3. The summed E-state index contributed by atoms with van der Waals surface area (Å²) in [5.74, 6) is -2.47. The Bertz CT molecular complexity index is 1620. The van der Waals surface area contributed by atoms with Gasteiger partial charge in [-0.1, -0.05) is 12.1 Å². The molecule has 0 bridgehead atoms. The number of hydroxylamine groups is 1. The molecule has 0 unspecified atom stereocenters. The van der Waals surface area contributed by atoms with Gasteiger partial charge in [-0.15, -0.1) is 11.3 Å². The van der Waals surface area contributed by atoms with Crippen LogP contribution in [0.15, 0.2) is 64.5 Å². The number of benzene rings is 2. The van der Waals surface area contributed by atoms with E-state index in [1.807, 2.05) is 0 Å². The van der Waals surface area contributed by atoms with Crippen molar-refractivity contribution in [1.29, 1.82) is 0 Å². The van der Waals surface area contributed by atoms with Crippen molar-refractivity contribution in [3.63, 3.8) is 0 Å². The third-order valence-electron chi connectivity index (χ3n) is 5.54. The van der Waals surface area contributed by atoms with Crippen LogP contribution in [0.1, 0.15) is 22.5 Å². The summed E-state index contributed by atoms with van der Waals surface area (Å²) in [4.78, 5) is 50.2. The Hall–Kier alpha value is -4.78. The van der Waals surface area contributed by atoms with Gasteiger partial charge < -0.3 is 16.7 Å². The zero-order valence-electron chi connectivity index (χ0n) is 20.9. The lowest BCUT2D eigenvalue weighted by Crippen LogP contribution is -2.39. The maximum Gasteiger partial charge on any atom is 0.289 e. The number of aliphatic imine (C=N–C) groups is 1. The molecule has 0 radical (unpaired) electrons. The number of ketones is 2. The molecule has 1 aromatic heterocycles. The molecule has 0 saturated heterocycles. The topological polar surface area (TPSA) is 263 Å². The lowest BCUT2D eigenvalue weighted by atomic mass is 10.0. The maximum atomic E-state index is 13.3. The number of anilines is 1. The van der Waals surface area contributed by atoms with Crippen molar-refractivity contribution in [3.8, 4) is 10.4 Å². The number of thiophene rings is 1. The van der Waals surface area contributed by atoms with Crippen LogP contribution >= 0.6 is 11.3 Å². The Labute approximate surface area is 236 Å². The van der Waals surface area contributed by atoms with Crippen LogP contribution in [-0.2, 0) is 14.8 Å². The Balaban J connectivity index is 2.03. The van der Waals surface area contributed by atoms with E-state index in [0.29, 0.717) is 16.9 Å². The fourth-order valence-corrected chi connectivity index (χ4v) is 5.95. The summed E-state index contributed by atoms with van der Waals surface area (Å²) in [6.45, 7) is 0.103. The molecule has 216 valence electrons. The van der Waals surface area contributed by atoms with Gasteiger partial charge in [-0.2, -0.15) is 5.48 Å². The normalized spacial score (nSPS) is 11.8. The van der Waals surface area contributed by atoms with Crippen LogP contribution in [0, 0.1) is 20.2 Å². The molecule has 2 aromatic carbocycles. The van der Waals surface area contributed by atoms with Gasteiger partial charge in [0.2, 0.25) is 11.6 Å². The number of hydrogen-bond acceptors (Lipinski definition) is 12. The smallest absolute Gasteiger partial charge is 0.289 e. The van der Waals surface area contributed by atoms with E-state index < -0.39 is 48.1 Å². The Morgan fingerprint density at radius 3 is 2.29 bits per heavy atom. The van der Waals surface area contributed by atoms with Crippen LogP contribution < -0.4 is 21.7 Å². The van der Waals surface area contributed by atoms with Gasteiger partial charge in [-0.05, 0) is 42.7 Å². The number of guanidine groups is 1. The van der Waals surface area contributed by atoms with Crippen molar-refractivity contribution >= 4 is 55.9 Å². The van der Waals surface area contributed by atoms with Crippen molar-refractivity contribution in [2.45, 2.75) is 23.8 Å². The minimum atomic E-state index is -4.65. The van der Waals surface area contributed by atoms with Gasteiger partial charge in [-0.25, -0.2) is 8.42 Å². The second-order valence-corrected chi connectivity index (χ2v) is 11.0. The number of nitrogens with one attached hydrogen (secondary N) is 2. The fourth-order valence-electron chi connectivity index (χ4n) is 3.59. The summed E-state index contributed by atoms with van der Waals surface area (Å²) < 4.78 is 28.5. The number of sulfonamides is 1. The molecular weight excluding hydrogens is 582 g/mol. The molecule has 0 aliphatic carbocycles. The summed E-state index contributed by atoms with van der Waals surface area (Å²) in [5.41, 5.74) is 11.3. The third-order valence-corrected chi connectivity index (χ3v) is 8.13. The highest BCUT2D eigenvalue weighted by atomic mass is 32.2. The number of non-ortho nitro benzene ring substituents is 1. The molecule has 1 heterocycles. The zero-order valence-corrected chi connectivity index (χ0v) is 22.6. The van der Waals surface area contributed by atoms with Crippen molar-refractivity contribution < 1.29 is 33.1 Å². The molecule has 18 heteroatoms. The molecule has 16 nitrogen and oxygen atoms in total. The minimum Gasteiger partial charge on any atom is -0.370 e. The first-order valence-electron chi connectivity index (χ1n) is 11.5. The molecule has 1 atom stereocenters. The van der Waals surface area contributed by atoms with Gasteiger partial charge in [0.15, 0.2) is 10.9 Å². The van der Waals surface area contributed by atoms with Crippen LogP contribution in [0.25, 0.3) is 10.4 Å². The summed E-state index contributed by atoms with van der Waals surface area (Å²) in [5, 5.41) is 31.9. The quantitative estimate of drug-likeness (QED) is 0.0337. The number of carbonyl (C=O) groups is 2. The second-order valence-electron chi connectivity index (χ2n) is 8.31. The van der Waals surface area contributed by atoms with E-state index in [1.54, 1.807) is 5.48 Å². The van der Waals surface area contributed by atoms with E-state index in [-0.39, 0.29) is 46.5 Å². The van der Waals surface area contributed by atoms with Gasteiger partial charge >= 0.3 is 0 Å². The summed E-state index contributed by atoms with van der Waals surface area (Å²) in [7, 11) is -4.65. The average Bonchev–Trinajstić information content (AvgIpc) is 3.35. The van der Waals surface area contributed by atoms with Crippen molar-refractivity contribution in [2.24, 2.45) is 16.5 Å². The van der Waals surface area contributed by atoms with Crippen molar-refractivity contribution in [1.82, 2.24) is 5.48 Å². The van der Waals surface area contributed by atoms with E-state index in [0.717, 1.165) is 12.1 Å². The van der Waals surface area contributed by atoms with Gasteiger partial charge in [-0.3, -0.25) is 39.5 Å². The number of nitro benzene ring substituents is 2. The van der Waals surface area contributed by atoms with Crippen LogP contribution in [-0.4, -0.2) is 53.6 Å². The Morgan fingerprint density at radius 2 is 1.71 bits per heavy atom. The van der Waals surface area contributed by atoms with E-state index in [1.165, 1.54) is 42.5 Å². The van der Waals surface area contributed by atoms with Crippen LogP contribution in [0.4, 0.5) is 17.1 Å². The lowest BCUT2D eigenvalue weighted by molar-refractivity contribution is -0.387. The number of nitrogens with zero attached hydrogens (tertiary/aromatic N) is 3. The molecule has 0 aliphatic rings. The minimum absolute atomic E-state index is 0.0598. The second kappa shape index (κ2) is 13.0. The van der Waals surface area contributed by atoms with Crippen LogP contribution in [0.5, 0.6) is 0 Å². The van der Waals surface area contributed by atoms with E-state index in [9.17, 15) is 43.4 Å². The van der Waals surface area contributed by atoms with Crippen LogP contribution in [0.3, 0.4) is 0 Å². The van der Waals surface area contributed by atoms with Gasteiger partial charge in [0, 0.05) is 29.6 Å². The number of rotatable bonds is 14. The van der Waals surface area contributed by atoms with E-state index >= 15 is 0 Å². The summed E-state index contributed by atoms with van der Waals surface area (Å²) in [6, 6.07) is 9.48. The number of Topliss-reactive ketones (excluding diaryl/α,β-unsaturated/α-hetero) is 2. The SMILES string of the molecule is NC(N)=NCCC[C@H](NO)C(=O)C(=O)c1sc(-c2ccc([N+](=O)[O-])cc2)cc1NS(=O)(=O)c1ccccc1[N+](=O)[O-]. The first-order chi connectivity index (χ1) is 19.4. The average molecular weight is 606 g/mol. The molecule has 0 saturated carbocycles. The lowest BCUT2D eigenvalue weighted by Gasteiger charge is -2.13. The number of hydrogen-bond donors (Lipinski definition) is 5. The number of nitro groups is 2. The first-order valence-corrected chi connectivity index (χ1v) is 13.8. The monoisotopic (exact) mass is 605 g/mol. The molecule has 3 aromatic rings. The van der Waals surface area contributed by atoms with Crippen LogP contribution in [0.2, 0.25) is 0 Å². The highest BCUT2D eigenvalue weighted by Gasteiger charge is 2.32.